The highest BCUT2D eigenvalue weighted by atomic mass is 15.1. The molecule has 0 bridgehead atoms. The molecule has 8 aromatic rings. The number of rotatable bonds is 10. The number of hydrogen-bond donors (Lipinski definition) is 0. The molecule has 0 saturated carbocycles. The molecule has 1 heteroatoms. The van der Waals surface area contributed by atoms with E-state index in [2.05, 4.69) is 245 Å². The Morgan fingerprint density at radius 3 is 1.51 bits per heavy atom. The third-order valence-corrected chi connectivity index (χ3v) is 10.7. The highest BCUT2D eigenvalue weighted by molar-refractivity contribution is 6.03. The fraction of sp³-hybridized carbons (Fsp3) is 0.0714. The maximum absolute atomic E-state index is 2.42. The molecule has 8 aromatic carbocycles. The van der Waals surface area contributed by atoms with Gasteiger partial charge in [-0.1, -0.05) is 199 Å². The second-order valence-electron chi connectivity index (χ2n) is 14.9. The summed E-state index contributed by atoms with van der Waals surface area (Å²) in [5.74, 6) is 0. The van der Waals surface area contributed by atoms with Gasteiger partial charge < -0.3 is 4.90 Å². The van der Waals surface area contributed by atoms with Crippen molar-refractivity contribution in [3.63, 3.8) is 0 Å². The third kappa shape index (κ3) is 8.34. The van der Waals surface area contributed by atoms with Gasteiger partial charge in [-0.3, -0.25) is 0 Å². The Morgan fingerprint density at radius 2 is 0.930 bits per heavy atom. The minimum Gasteiger partial charge on any atom is -0.310 e. The number of anilines is 3. The third-order valence-electron chi connectivity index (χ3n) is 10.7. The molecule has 0 spiro atoms. The van der Waals surface area contributed by atoms with Gasteiger partial charge in [-0.2, -0.15) is 0 Å². The van der Waals surface area contributed by atoms with Gasteiger partial charge in [0.1, 0.15) is 0 Å². The summed E-state index contributed by atoms with van der Waals surface area (Å²) >= 11 is 0. The van der Waals surface area contributed by atoms with Crippen LogP contribution in [0.15, 0.2) is 200 Å². The zero-order valence-electron chi connectivity index (χ0n) is 33.2. The van der Waals surface area contributed by atoms with Crippen molar-refractivity contribution in [1.29, 1.82) is 0 Å². The molecule has 0 aromatic heterocycles. The summed E-state index contributed by atoms with van der Waals surface area (Å²) in [5, 5.41) is 2.40. The molecule has 0 N–H and O–H groups in total. The zero-order valence-corrected chi connectivity index (χ0v) is 33.2. The average molecular weight is 734 g/mol. The van der Waals surface area contributed by atoms with Crippen LogP contribution in [0.1, 0.15) is 55.6 Å². The maximum Gasteiger partial charge on any atom is 0.0540 e. The highest BCUT2D eigenvalue weighted by Gasteiger charge is 2.18. The van der Waals surface area contributed by atoms with Crippen LogP contribution in [0.4, 0.5) is 17.1 Å². The van der Waals surface area contributed by atoms with Gasteiger partial charge in [0.2, 0.25) is 0 Å². The minimum absolute atomic E-state index is 1.11. The van der Waals surface area contributed by atoms with Crippen LogP contribution in [0.2, 0.25) is 0 Å². The molecule has 0 amide bonds. The molecule has 0 atom stereocenters. The summed E-state index contributed by atoms with van der Waals surface area (Å²) in [6, 6.07) is 68.0. The van der Waals surface area contributed by atoms with E-state index in [1.54, 1.807) is 0 Å². The lowest BCUT2D eigenvalue weighted by molar-refractivity contribution is 1.25. The molecule has 276 valence electrons. The largest absolute Gasteiger partial charge is 0.310 e. The van der Waals surface area contributed by atoms with Gasteiger partial charge in [0.05, 0.1) is 5.69 Å². The molecule has 0 heterocycles. The Balaban J connectivity index is 1.20. The van der Waals surface area contributed by atoms with Crippen molar-refractivity contribution in [1.82, 2.24) is 0 Å². The summed E-state index contributed by atoms with van der Waals surface area (Å²) in [6.07, 6.45) is 8.97. The monoisotopic (exact) mass is 733 g/mol. The second-order valence-corrected chi connectivity index (χ2v) is 14.9. The van der Waals surface area contributed by atoms with Crippen LogP contribution in [-0.4, -0.2) is 0 Å². The van der Waals surface area contributed by atoms with Crippen molar-refractivity contribution in [2.45, 2.75) is 27.7 Å². The quantitative estimate of drug-likeness (QED) is 0.0999. The van der Waals surface area contributed by atoms with E-state index in [0.29, 0.717) is 0 Å². The molecule has 0 fully saturated rings. The number of nitrogens with zero attached hydrogens (tertiary/aromatic N) is 1. The van der Waals surface area contributed by atoms with E-state index in [-0.39, 0.29) is 0 Å². The molecule has 1 nitrogen and oxygen atoms in total. The van der Waals surface area contributed by atoms with Gasteiger partial charge in [-0.15, -0.1) is 0 Å². The predicted octanol–water partition coefficient (Wildman–Crippen LogP) is 15.3. The van der Waals surface area contributed by atoms with Gasteiger partial charge in [0, 0.05) is 16.8 Å². The first kappa shape index (κ1) is 37.0. The summed E-state index contributed by atoms with van der Waals surface area (Å²) in [7, 11) is 0. The minimum atomic E-state index is 1.11. The predicted molar refractivity (Wildman–Crippen MR) is 246 cm³/mol. The van der Waals surface area contributed by atoms with Crippen LogP contribution in [0.3, 0.4) is 0 Å². The SMILES string of the molecule is Cc1ccc(C(=Cc2ccc(N(c3ccc(C)cc3C)c3ccc(/C=C/C=C(c4ccccc4)c4ccccc4)c4ccccc34)cc2)c2ccc(C)cc2)cc1. The summed E-state index contributed by atoms with van der Waals surface area (Å²) in [5.41, 5.74) is 17.9. The first-order valence-electron chi connectivity index (χ1n) is 19.8. The van der Waals surface area contributed by atoms with Gasteiger partial charge in [-0.05, 0) is 114 Å². The van der Waals surface area contributed by atoms with Crippen molar-refractivity contribution < 1.29 is 0 Å². The molecule has 0 unspecified atom stereocenters. The fourth-order valence-corrected chi connectivity index (χ4v) is 7.64. The molecule has 0 aliphatic carbocycles. The number of allylic oxidation sites excluding steroid dienone is 2. The first-order chi connectivity index (χ1) is 27.9. The molecule has 8 rings (SSSR count). The smallest absolute Gasteiger partial charge is 0.0540 e. The molecule has 0 radical (unpaired) electrons. The van der Waals surface area contributed by atoms with E-state index in [1.165, 1.54) is 72.0 Å². The maximum atomic E-state index is 2.42. The lowest BCUT2D eigenvalue weighted by Gasteiger charge is -2.29. The van der Waals surface area contributed by atoms with E-state index in [9.17, 15) is 0 Å². The second kappa shape index (κ2) is 16.8. The van der Waals surface area contributed by atoms with Gasteiger partial charge in [-0.25, -0.2) is 0 Å². The van der Waals surface area contributed by atoms with Crippen molar-refractivity contribution in [3.8, 4) is 0 Å². The molecule has 0 saturated heterocycles. The van der Waals surface area contributed by atoms with Gasteiger partial charge in [0.25, 0.3) is 0 Å². The molecular formula is C56H47N. The van der Waals surface area contributed by atoms with E-state index >= 15 is 0 Å². The van der Waals surface area contributed by atoms with E-state index in [0.717, 1.165) is 22.6 Å². The van der Waals surface area contributed by atoms with Crippen molar-refractivity contribution in [2.24, 2.45) is 0 Å². The van der Waals surface area contributed by atoms with Crippen LogP contribution in [0.5, 0.6) is 0 Å². The van der Waals surface area contributed by atoms with E-state index in [4.69, 9.17) is 0 Å². The Morgan fingerprint density at radius 1 is 0.421 bits per heavy atom. The van der Waals surface area contributed by atoms with Crippen LogP contribution in [-0.2, 0) is 0 Å². The lowest BCUT2D eigenvalue weighted by atomic mass is 9.94. The number of fused-ring (bicyclic) bond motifs is 1. The summed E-state index contributed by atoms with van der Waals surface area (Å²) < 4.78 is 0. The molecular weight excluding hydrogens is 687 g/mol. The first-order valence-corrected chi connectivity index (χ1v) is 19.8. The average Bonchev–Trinajstić information content (AvgIpc) is 3.24. The van der Waals surface area contributed by atoms with Crippen LogP contribution < -0.4 is 4.90 Å². The lowest BCUT2D eigenvalue weighted by Crippen LogP contribution is -2.12. The molecule has 0 aliphatic heterocycles. The van der Waals surface area contributed by atoms with E-state index < -0.39 is 0 Å². The molecule has 57 heavy (non-hydrogen) atoms. The Hall–Kier alpha value is -6.96. The van der Waals surface area contributed by atoms with Gasteiger partial charge >= 0.3 is 0 Å². The standard InChI is InChI=1S/C56H47N/c1-40-22-29-48(30-23-40)54(49-31-24-41(2)25-32-49)39-44-27-34-50(35-28-44)57(55-36-26-42(3)38-43(55)4)56-37-33-47(52-19-11-12-20-53(52)56)18-13-21-51(45-14-7-5-8-15-45)46-16-9-6-10-17-46/h5-39H,1-4H3/b18-13+. The number of benzene rings is 8. The van der Waals surface area contributed by atoms with Crippen LogP contribution in [0.25, 0.3) is 34.1 Å². The van der Waals surface area contributed by atoms with Crippen LogP contribution in [0, 0.1) is 27.7 Å². The fourth-order valence-electron chi connectivity index (χ4n) is 7.64. The Bertz CT molecular complexity index is 2630. The summed E-state index contributed by atoms with van der Waals surface area (Å²) in [6.45, 7) is 8.65. The van der Waals surface area contributed by atoms with E-state index in [1.807, 2.05) is 0 Å². The van der Waals surface area contributed by atoms with Gasteiger partial charge in [0.15, 0.2) is 0 Å². The van der Waals surface area contributed by atoms with Crippen molar-refractivity contribution >= 4 is 51.1 Å². The van der Waals surface area contributed by atoms with Crippen molar-refractivity contribution in [3.05, 3.63) is 256 Å². The topological polar surface area (TPSA) is 3.24 Å². The molecule has 0 aliphatic rings. The Labute approximate surface area is 338 Å². The van der Waals surface area contributed by atoms with Crippen molar-refractivity contribution in [2.75, 3.05) is 4.90 Å². The highest BCUT2D eigenvalue weighted by Crippen LogP contribution is 2.42. The Kier molecular flexibility index (Phi) is 10.9. The number of aryl methyl sites for hydroxylation is 4. The zero-order chi connectivity index (χ0) is 39.1. The normalized spacial score (nSPS) is 11.1. The number of hydrogen-bond acceptors (Lipinski definition) is 1. The summed E-state index contributed by atoms with van der Waals surface area (Å²) in [4.78, 5) is 2.42. The van der Waals surface area contributed by atoms with Crippen LogP contribution >= 0.6 is 0 Å².